The van der Waals surface area contributed by atoms with Crippen molar-refractivity contribution < 1.29 is 9.21 Å². The highest BCUT2D eigenvalue weighted by molar-refractivity contribution is 5.91. The van der Waals surface area contributed by atoms with Crippen LogP contribution < -0.4 is 5.32 Å². The number of carbonyl (C=O) groups is 1. The molecule has 0 saturated heterocycles. The summed E-state index contributed by atoms with van der Waals surface area (Å²) in [6.07, 6.45) is 3.90. The number of amides is 1. The van der Waals surface area contributed by atoms with Crippen LogP contribution in [0.2, 0.25) is 0 Å². The predicted molar refractivity (Wildman–Crippen MR) is 106 cm³/mol. The third kappa shape index (κ3) is 5.67. The zero-order valence-corrected chi connectivity index (χ0v) is 16.9. The van der Waals surface area contributed by atoms with Crippen LogP contribution >= 0.6 is 0 Å². The fraction of sp³-hybridized carbons (Fsp3) is 0.545. The number of oxazole rings is 1. The molecule has 5 nitrogen and oxygen atoms in total. The molecular weight excluding hydrogens is 338 g/mol. The molecule has 2 aromatic rings. The zero-order valence-electron chi connectivity index (χ0n) is 16.9. The fourth-order valence-electron chi connectivity index (χ4n) is 3.05. The Labute approximate surface area is 162 Å². The molecule has 1 saturated carbocycles. The maximum atomic E-state index is 12.1. The van der Waals surface area contributed by atoms with Crippen LogP contribution in [0.5, 0.6) is 0 Å². The van der Waals surface area contributed by atoms with Crippen molar-refractivity contribution in [1.29, 1.82) is 0 Å². The minimum Gasteiger partial charge on any atom is -0.447 e. The molecule has 0 atom stereocenters. The second kappa shape index (κ2) is 8.70. The minimum absolute atomic E-state index is 0.166. The first-order valence-corrected chi connectivity index (χ1v) is 9.98. The molecule has 1 fully saturated rings. The van der Waals surface area contributed by atoms with E-state index in [2.05, 4.69) is 67.2 Å². The lowest BCUT2D eigenvalue weighted by Crippen LogP contribution is -2.28. The molecule has 1 amide bonds. The van der Waals surface area contributed by atoms with Crippen molar-refractivity contribution in [2.75, 3.05) is 6.54 Å². The lowest BCUT2D eigenvalue weighted by atomic mass is 10.0. The number of aromatic nitrogens is 1. The smallest absolute Gasteiger partial charge is 0.273 e. The quantitative estimate of drug-likeness (QED) is 0.714. The average Bonchev–Trinajstić information content (AvgIpc) is 3.38. The molecule has 146 valence electrons. The summed E-state index contributed by atoms with van der Waals surface area (Å²) in [5.41, 5.74) is 3.02. The molecule has 0 unspecified atom stereocenters. The van der Waals surface area contributed by atoms with Gasteiger partial charge < -0.3 is 9.73 Å². The van der Waals surface area contributed by atoms with E-state index in [-0.39, 0.29) is 5.91 Å². The maximum absolute atomic E-state index is 12.1. The van der Waals surface area contributed by atoms with Gasteiger partial charge in [0, 0.05) is 19.1 Å². The van der Waals surface area contributed by atoms with Gasteiger partial charge in [-0.25, -0.2) is 4.98 Å². The van der Waals surface area contributed by atoms with Crippen molar-refractivity contribution in [3.63, 3.8) is 0 Å². The lowest BCUT2D eigenvalue weighted by Gasteiger charge is -2.20. The summed E-state index contributed by atoms with van der Waals surface area (Å²) in [4.78, 5) is 18.9. The Hall–Kier alpha value is -2.14. The molecular formula is C22H31N3O2. The molecule has 0 aliphatic heterocycles. The molecule has 5 heteroatoms. The molecule has 1 aromatic heterocycles. The van der Waals surface area contributed by atoms with Crippen molar-refractivity contribution in [3.8, 4) is 0 Å². The summed E-state index contributed by atoms with van der Waals surface area (Å²) >= 11 is 0. The molecule has 1 heterocycles. The second-order valence-corrected chi connectivity index (χ2v) is 8.26. The minimum atomic E-state index is -0.166. The average molecular weight is 370 g/mol. The van der Waals surface area contributed by atoms with E-state index in [0.29, 0.717) is 42.6 Å². The van der Waals surface area contributed by atoms with E-state index < -0.39 is 0 Å². The van der Waals surface area contributed by atoms with Crippen LogP contribution in [0.15, 0.2) is 34.9 Å². The van der Waals surface area contributed by atoms with Gasteiger partial charge in [0.2, 0.25) is 5.89 Å². The van der Waals surface area contributed by atoms with Crippen molar-refractivity contribution in [2.45, 2.75) is 65.6 Å². The van der Waals surface area contributed by atoms with Crippen LogP contribution in [0, 0.1) is 5.92 Å². The molecule has 27 heavy (non-hydrogen) atoms. The van der Waals surface area contributed by atoms with Crippen molar-refractivity contribution >= 4 is 5.91 Å². The van der Waals surface area contributed by atoms with Crippen LogP contribution in [0.3, 0.4) is 0 Å². The van der Waals surface area contributed by atoms with Gasteiger partial charge >= 0.3 is 0 Å². The van der Waals surface area contributed by atoms with E-state index in [4.69, 9.17) is 4.42 Å². The fourth-order valence-corrected chi connectivity index (χ4v) is 3.05. The van der Waals surface area contributed by atoms with Crippen molar-refractivity contribution in [2.24, 2.45) is 5.92 Å². The first-order valence-electron chi connectivity index (χ1n) is 9.98. The van der Waals surface area contributed by atoms with E-state index in [1.807, 2.05) is 0 Å². The first-order chi connectivity index (χ1) is 12.9. The van der Waals surface area contributed by atoms with Crippen LogP contribution in [0.4, 0.5) is 0 Å². The van der Waals surface area contributed by atoms with E-state index in [9.17, 15) is 4.79 Å². The molecule has 0 spiro atoms. The number of nitrogens with one attached hydrogen (secondary N) is 1. The Morgan fingerprint density at radius 3 is 2.48 bits per heavy atom. The largest absolute Gasteiger partial charge is 0.447 e. The van der Waals surface area contributed by atoms with Crippen molar-refractivity contribution in [3.05, 3.63) is 53.2 Å². The van der Waals surface area contributed by atoms with Crippen LogP contribution in [0.25, 0.3) is 0 Å². The molecule has 0 bridgehead atoms. The zero-order chi connectivity index (χ0) is 19.4. The van der Waals surface area contributed by atoms with Crippen LogP contribution in [0.1, 0.15) is 74.0 Å². The van der Waals surface area contributed by atoms with Gasteiger partial charge in [-0.2, -0.15) is 0 Å². The van der Waals surface area contributed by atoms with Gasteiger partial charge in [-0.3, -0.25) is 9.69 Å². The molecule has 1 aliphatic rings. The summed E-state index contributed by atoms with van der Waals surface area (Å²) in [6, 6.07) is 9.44. The van der Waals surface area contributed by atoms with Gasteiger partial charge in [-0.15, -0.1) is 0 Å². The third-order valence-electron chi connectivity index (χ3n) is 4.89. The van der Waals surface area contributed by atoms with Gasteiger partial charge in [-0.1, -0.05) is 52.0 Å². The third-order valence-corrected chi connectivity index (χ3v) is 4.89. The second-order valence-electron chi connectivity index (χ2n) is 8.26. The Balaban J connectivity index is 1.61. The SMILES string of the molecule is CC(C)CNC(=O)c1coc(CN(Cc2ccc(C(C)C)cc2)C2CC2)n1. The monoisotopic (exact) mass is 369 g/mol. The lowest BCUT2D eigenvalue weighted by molar-refractivity contribution is 0.0944. The molecule has 1 aliphatic carbocycles. The van der Waals surface area contributed by atoms with Gasteiger partial charge in [0.25, 0.3) is 5.91 Å². The Morgan fingerprint density at radius 2 is 1.89 bits per heavy atom. The van der Waals surface area contributed by atoms with Gasteiger partial charge in [0.1, 0.15) is 6.26 Å². The van der Waals surface area contributed by atoms with E-state index in [1.165, 1.54) is 30.2 Å². The highest BCUT2D eigenvalue weighted by Gasteiger charge is 2.30. The standard InChI is InChI=1S/C22H31N3O2/c1-15(2)11-23-22(26)20-14-27-21(24-20)13-25(19-9-10-19)12-17-5-7-18(8-6-17)16(3)4/h5-8,14-16,19H,9-13H2,1-4H3,(H,23,26). The van der Waals surface area contributed by atoms with Crippen LogP contribution in [-0.4, -0.2) is 28.4 Å². The molecule has 1 aromatic carbocycles. The summed E-state index contributed by atoms with van der Waals surface area (Å²) in [6.45, 7) is 10.7. The van der Waals surface area contributed by atoms with E-state index >= 15 is 0 Å². The number of hydrogen-bond donors (Lipinski definition) is 1. The first kappa shape index (κ1) is 19.6. The van der Waals surface area contributed by atoms with Gasteiger partial charge in [0.15, 0.2) is 5.69 Å². The van der Waals surface area contributed by atoms with Gasteiger partial charge in [0.05, 0.1) is 6.54 Å². The Kier molecular flexibility index (Phi) is 6.32. The maximum Gasteiger partial charge on any atom is 0.273 e. The van der Waals surface area contributed by atoms with E-state index in [0.717, 1.165) is 6.54 Å². The highest BCUT2D eigenvalue weighted by atomic mass is 16.3. The van der Waals surface area contributed by atoms with Crippen LogP contribution in [-0.2, 0) is 13.1 Å². The molecule has 0 radical (unpaired) electrons. The highest BCUT2D eigenvalue weighted by Crippen LogP contribution is 2.30. The molecule has 1 N–H and O–H groups in total. The Bertz CT molecular complexity index is 745. The number of nitrogens with zero attached hydrogens (tertiary/aromatic N) is 2. The summed E-state index contributed by atoms with van der Waals surface area (Å²) in [5, 5.41) is 2.88. The number of rotatable bonds is 9. The van der Waals surface area contributed by atoms with Crippen molar-refractivity contribution in [1.82, 2.24) is 15.2 Å². The topological polar surface area (TPSA) is 58.4 Å². The predicted octanol–water partition coefficient (Wildman–Crippen LogP) is 4.35. The number of hydrogen-bond acceptors (Lipinski definition) is 4. The summed E-state index contributed by atoms with van der Waals surface area (Å²) in [5.74, 6) is 1.40. The molecule has 3 rings (SSSR count). The normalized spacial score (nSPS) is 14.3. The summed E-state index contributed by atoms with van der Waals surface area (Å²) < 4.78 is 5.58. The number of carbonyl (C=O) groups excluding carboxylic acids is 1. The number of benzene rings is 1. The van der Waals surface area contributed by atoms with Gasteiger partial charge in [-0.05, 0) is 35.8 Å². The van der Waals surface area contributed by atoms with E-state index in [1.54, 1.807) is 0 Å². The Morgan fingerprint density at radius 1 is 1.19 bits per heavy atom. The summed E-state index contributed by atoms with van der Waals surface area (Å²) in [7, 11) is 0.